The first-order valence-corrected chi connectivity index (χ1v) is 9.53. The number of hydrogen-bond acceptors (Lipinski definition) is 2. The van der Waals surface area contributed by atoms with E-state index in [4.69, 9.17) is 0 Å². The molecule has 0 spiro atoms. The number of carbonyl (C=O) groups is 1. The molecule has 0 aromatic heterocycles. The van der Waals surface area contributed by atoms with Gasteiger partial charge >= 0.3 is 0 Å². The van der Waals surface area contributed by atoms with E-state index in [0.29, 0.717) is 35.9 Å². The van der Waals surface area contributed by atoms with Crippen LogP contribution in [0.4, 0.5) is 0 Å². The lowest BCUT2D eigenvalue weighted by Gasteiger charge is -2.57. The van der Waals surface area contributed by atoms with Crippen LogP contribution < -0.4 is 0 Å². The van der Waals surface area contributed by atoms with Gasteiger partial charge in [-0.1, -0.05) is 24.6 Å². The van der Waals surface area contributed by atoms with Crippen LogP contribution in [0.2, 0.25) is 0 Å². The van der Waals surface area contributed by atoms with Gasteiger partial charge < -0.3 is 5.11 Å². The van der Waals surface area contributed by atoms with Crippen LogP contribution >= 0.6 is 0 Å². The largest absolute Gasteiger partial charge is 0.390 e. The van der Waals surface area contributed by atoms with Gasteiger partial charge in [0, 0.05) is 11.8 Å². The highest BCUT2D eigenvalue weighted by Gasteiger charge is 2.62. The minimum absolute atomic E-state index is 0.0386. The zero-order chi connectivity index (χ0) is 16.4. The lowest BCUT2D eigenvalue weighted by Crippen LogP contribution is -2.53. The summed E-state index contributed by atoms with van der Waals surface area (Å²) in [6.45, 7) is 8.83. The van der Waals surface area contributed by atoms with E-state index in [1.165, 1.54) is 24.0 Å². The molecule has 4 aliphatic rings. The molecular formula is C21H30O2. The SMILES string of the molecule is C=C1C[C@@]2(CC)[C@@H](CC[C@]2(C)O)[C@@H]2CCC3=CC(=O)CC[C@@H]3[C@@H]12. The molecular weight excluding hydrogens is 284 g/mol. The Kier molecular flexibility index (Phi) is 3.43. The third-order valence-electron chi connectivity index (χ3n) is 8.07. The number of allylic oxidation sites excluding steroid dienone is 2. The van der Waals surface area contributed by atoms with E-state index in [-0.39, 0.29) is 5.41 Å². The van der Waals surface area contributed by atoms with Crippen LogP contribution in [0.25, 0.3) is 0 Å². The van der Waals surface area contributed by atoms with Crippen molar-refractivity contribution in [2.45, 2.75) is 70.8 Å². The molecule has 0 bridgehead atoms. The van der Waals surface area contributed by atoms with E-state index in [2.05, 4.69) is 20.4 Å². The summed E-state index contributed by atoms with van der Waals surface area (Å²) < 4.78 is 0. The van der Waals surface area contributed by atoms with Gasteiger partial charge in [-0.2, -0.15) is 0 Å². The highest BCUT2D eigenvalue weighted by molar-refractivity contribution is 5.91. The fourth-order valence-electron chi connectivity index (χ4n) is 6.98. The van der Waals surface area contributed by atoms with Crippen molar-refractivity contribution in [2.75, 3.05) is 0 Å². The summed E-state index contributed by atoms with van der Waals surface area (Å²) in [7, 11) is 0. The molecule has 3 saturated carbocycles. The first-order valence-electron chi connectivity index (χ1n) is 9.53. The summed E-state index contributed by atoms with van der Waals surface area (Å²) in [5.41, 5.74) is 2.26. The monoisotopic (exact) mass is 314 g/mol. The van der Waals surface area contributed by atoms with Crippen LogP contribution in [-0.2, 0) is 4.79 Å². The van der Waals surface area contributed by atoms with Crippen LogP contribution in [0.1, 0.15) is 65.2 Å². The van der Waals surface area contributed by atoms with Crippen molar-refractivity contribution in [2.24, 2.45) is 29.1 Å². The predicted molar refractivity (Wildman–Crippen MR) is 91.9 cm³/mol. The fourth-order valence-corrected chi connectivity index (χ4v) is 6.98. The topological polar surface area (TPSA) is 37.3 Å². The molecule has 4 aliphatic carbocycles. The van der Waals surface area contributed by atoms with Crippen LogP contribution in [0.5, 0.6) is 0 Å². The standard InChI is InChI=1S/C21H30O2/c1-4-21-12-13(2)19-16-8-6-15(22)11-14(16)5-7-17(19)18(21)9-10-20(21,3)23/h11,16-19,23H,2,4-10,12H2,1,3H3/t16-,17-,18-,19+,20-,21-/m0/s1. The Bertz CT molecular complexity index is 585. The molecule has 23 heavy (non-hydrogen) atoms. The van der Waals surface area contributed by atoms with Gasteiger partial charge in [-0.05, 0) is 81.6 Å². The number of rotatable bonds is 1. The number of fused-ring (bicyclic) bond motifs is 5. The lowest BCUT2D eigenvalue weighted by molar-refractivity contribution is -0.116. The first kappa shape index (κ1) is 15.6. The summed E-state index contributed by atoms with van der Waals surface area (Å²) in [5, 5.41) is 11.1. The zero-order valence-corrected chi connectivity index (χ0v) is 14.6. The van der Waals surface area contributed by atoms with Gasteiger partial charge in [-0.25, -0.2) is 0 Å². The average molecular weight is 314 g/mol. The van der Waals surface area contributed by atoms with Gasteiger partial charge in [-0.15, -0.1) is 0 Å². The molecule has 1 N–H and O–H groups in total. The van der Waals surface area contributed by atoms with Crippen molar-refractivity contribution >= 4 is 5.78 Å². The molecule has 0 unspecified atom stereocenters. The maximum atomic E-state index is 11.8. The van der Waals surface area contributed by atoms with E-state index in [1.807, 2.05) is 6.08 Å². The number of hydrogen-bond donors (Lipinski definition) is 1. The van der Waals surface area contributed by atoms with Crippen LogP contribution in [0, 0.1) is 29.1 Å². The molecule has 0 heterocycles. The summed E-state index contributed by atoms with van der Waals surface area (Å²) in [4.78, 5) is 11.8. The summed E-state index contributed by atoms with van der Waals surface area (Å²) in [6.07, 6.45) is 10.1. The second-order valence-electron chi connectivity index (χ2n) is 8.82. The highest BCUT2D eigenvalue weighted by Crippen LogP contribution is 2.67. The maximum Gasteiger partial charge on any atom is 0.155 e. The fraction of sp³-hybridized carbons (Fsp3) is 0.762. The second-order valence-corrected chi connectivity index (χ2v) is 8.82. The first-order chi connectivity index (χ1) is 10.9. The molecule has 2 nitrogen and oxygen atoms in total. The molecule has 6 atom stereocenters. The van der Waals surface area contributed by atoms with Gasteiger partial charge in [0.2, 0.25) is 0 Å². The molecule has 0 aliphatic heterocycles. The van der Waals surface area contributed by atoms with Crippen molar-refractivity contribution in [1.82, 2.24) is 0 Å². The van der Waals surface area contributed by atoms with Crippen molar-refractivity contribution in [1.29, 1.82) is 0 Å². The smallest absolute Gasteiger partial charge is 0.155 e. The number of ketones is 1. The van der Waals surface area contributed by atoms with Gasteiger partial charge in [0.15, 0.2) is 5.78 Å². The summed E-state index contributed by atoms with van der Waals surface area (Å²) in [5.74, 6) is 2.74. The summed E-state index contributed by atoms with van der Waals surface area (Å²) in [6, 6.07) is 0. The number of carbonyl (C=O) groups excluding carboxylic acids is 1. The average Bonchev–Trinajstić information content (AvgIpc) is 2.78. The molecule has 4 rings (SSSR count). The van der Waals surface area contributed by atoms with Gasteiger partial charge in [0.1, 0.15) is 0 Å². The third-order valence-corrected chi connectivity index (χ3v) is 8.07. The quantitative estimate of drug-likeness (QED) is 0.727. The highest BCUT2D eigenvalue weighted by atomic mass is 16.3. The van der Waals surface area contributed by atoms with Crippen LogP contribution in [0.15, 0.2) is 23.8 Å². The molecule has 0 radical (unpaired) electrons. The van der Waals surface area contributed by atoms with Gasteiger partial charge in [0.05, 0.1) is 5.60 Å². The molecule has 0 saturated heterocycles. The third kappa shape index (κ3) is 2.00. The Morgan fingerprint density at radius 3 is 2.83 bits per heavy atom. The van der Waals surface area contributed by atoms with Crippen molar-refractivity contribution in [3.05, 3.63) is 23.8 Å². The summed E-state index contributed by atoms with van der Waals surface area (Å²) >= 11 is 0. The second kappa shape index (κ2) is 5.05. The molecule has 2 heteroatoms. The van der Waals surface area contributed by atoms with E-state index in [1.54, 1.807) is 0 Å². The Morgan fingerprint density at radius 2 is 2.09 bits per heavy atom. The van der Waals surface area contributed by atoms with E-state index < -0.39 is 5.60 Å². The van der Waals surface area contributed by atoms with Crippen LogP contribution in [0.3, 0.4) is 0 Å². The predicted octanol–water partition coefficient (Wildman–Crippen LogP) is 4.44. The van der Waals surface area contributed by atoms with Crippen molar-refractivity contribution in [3.63, 3.8) is 0 Å². The Hall–Kier alpha value is -0.890. The van der Waals surface area contributed by atoms with Crippen molar-refractivity contribution in [3.8, 4) is 0 Å². The van der Waals surface area contributed by atoms with Gasteiger partial charge in [0.25, 0.3) is 0 Å². The molecule has 0 aromatic carbocycles. The Labute approximate surface area is 140 Å². The Morgan fingerprint density at radius 1 is 1.30 bits per heavy atom. The van der Waals surface area contributed by atoms with E-state index in [0.717, 1.165) is 32.1 Å². The zero-order valence-electron chi connectivity index (χ0n) is 14.6. The number of aliphatic hydroxyl groups is 1. The minimum Gasteiger partial charge on any atom is -0.390 e. The lowest BCUT2D eigenvalue weighted by atomic mass is 9.48. The minimum atomic E-state index is -0.543. The Balaban J connectivity index is 1.72. The normalized spacial score (nSPS) is 49.3. The molecule has 126 valence electrons. The van der Waals surface area contributed by atoms with E-state index >= 15 is 0 Å². The molecule has 0 aromatic rings. The van der Waals surface area contributed by atoms with Crippen molar-refractivity contribution < 1.29 is 9.90 Å². The maximum absolute atomic E-state index is 11.8. The van der Waals surface area contributed by atoms with Crippen LogP contribution in [-0.4, -0.2) is 16.5 Å². The molecule has 3 fully saturated rings. The van der Waals surface area contributed by atoms with E-state index in [9.17, 15) is 9.90 Å². The molecule has 0 amide bonds. The van der Waals surface area contributed by atoms with Gasteiger partial charge in [-0.3, -0.25) is 4.79 Å².